The first kappa shape index (κ1) is 9.01. The van der Waals surface area contributed by atoms with Crippen LogP contribution in [-0.2, 0) is 4.74 Å². The van der Waals surface area contributed by atoms with E-state index in [9.17, 15) is 0 Å². The molecule has 0 saturated carbocycles. The average molecular weight is 157 g/mol. The van der Waals surface area contributed by atoms with E-state index < -0.39 is 0 Å². The third-order valence-corrected chi connectivity index (χ3v) is 2.29. The molecule has 0 unspecified atom stereocenters. The summed E-state index contributed by atoms with van der Waals surface area (Å²) in [4.78, 5) is 0. The zero-order chi connectivity index (χ0) is 8.32. The molecule has 1 rings (SSSR count). The van der Waals surface area contributed by atoms with Crippen molar-refractivity contribution >= 4 is 0 Å². The number of ether oxygens (including phenoxy) is 1. The van der Waals surface area contributed by atoms with Crippen LogP contribution in [0.25, 0.3) is 0 Å². The second kappa shape index (κ2) is 3.55. The number of hydrogen-bond donors (Lipinski definition) is 1. The summed E-state index contributed by atoms with van der Waals surface area (Å²) in [6, 6.07) is 0. The van der Waals surface area contributed by atoms with Crippen LogP contribution in [0.5, 0.6) is 0 Å². The van der Waals surface area contributed by atoms with Gasteiger partial charge in [0.25, 0.3) is 0 Å². The van der Waals surface area contributed by atoms with E-state index in [0.717, 1.165) is 25.6 Å². The Labute approximate surface area is 69.3 Å². The molecule has 1 aliphatic rings. The topological polar surface area (TPSA) is 21.3 Å². The number of methoxy groups -OCH3 is 1. The lowest BCUT2D eigenvalue weighted by Gasteiger charge is -2.43. The average Bonchev–Trinajstić information content (AvgIpc) is 1.82. The molecule has 0 aromatic carbocycles. The monoisotopic (exact) mass is 157 g/mol. The van der Waals surface area contributed by atoms with Crippen LogP contribution >= 0.6 is 0 Å². The van der Waals surface area contributed by atoms with Crippen molar-refractivity contribution in [2.24, 2.45) is 11.3 Å². The molecule has 0 aromatic heterocycles. The molecule has 0 spiro atoms. The van der Waals surface area contributed by atoms with Gasteiger partial charge in [-0.1, -0.05) is 13.8 Å². The Hall–Kier alpha value is -0.0800. The molecular weight excluding hydrogens is 138 g/mol. The van der Waals surface area contributed by atoms with Gasteiger partial charge in [0.15, 0.2) is 0 Å². The van der Waals surface area contributed by atoms with Gasteiger partial charge in [-0.2, -0.15) is 0 Å². The molecule has 1 saturated heterocycles. The van der Waals surface area contributed by atoms with E-state index in [4.69, 9.17) is 4.74 Å². The van der Waals surface area contributed by atoms with E-state index >= 15 is 0 Å². The third kappa shape index (κ3) is 2.17. The standard InChI is InChI=1S/C9H19NO/c1-8(2)4-9(7-11-3)5-10-6-9/h8,10H,4-7H2,1-3H3. The van der Waals surface area contributed by atoms with Crippen LogP contribution in [0.1, 0.15) is 20.3 Å². The third-order valence-electron chi connectivity index (χ3n) is 2.29. The number of hydrogen-bond acceptors (Lipinski definition) is 2. The van der Waals surface area contributed by atoms with Crippen molar-refractivity contribution in [2.75, 3.05) is 26.8 Å². The molecule has 66 valence electrons. The van der Waals surface area contributed by atoms with Crippen molar-refractivity contribution in [1.29, 1.82) is 0 Å². The molecule has 0 bridgehead atoms. The van der Waals surface area contributed by atoms with Gasteiger partial charge in [0.05, 0.1) is 6.61 Å². The summed E-state index contributed by atoms with van der Waals surface area (Å²) < 4.78 is 5.21. The molecule has 0 aromatic rings. The minimum atomic E-state index is 0.461. The minimum absolute atomic E-state index is 0.461. The summed E-state index contributed by atoms with van der Waals surface area (Å²) in [5.41, 5.74) is 0.461. The van der Waals surface area contributed by atoms with Gasteiger partial charge < -0.3 is 10.1 Å². The van der Waals surface area contributed by atoms with Crippen molar-refractivity contribution in [3.05, 3.63) is 0 Å². The first-order valence-electron chi connectivity index (χ1n) is 4.38. The normalized spacial score (nSPS) is 21.8. The van der Waals surface area contributed by atoms with E-state index in [1.54, 1.807) is 7.11 Å². The van der Waals surface area contributed by atoms with E-state index in [2.05, 4.69) is 19.2 Å². The molecule has 0 aliphatic carbocycles. The molecule has 1 aliphatic heterocycles. The van der Waals surface area contributed by atoms with Crippen molar-refractivity contribution in [3.63, 3.8) is 0 Å². The fourth-order valence-electron chi connectivity index (χ4n) is 1.96. The summed E-state index contributed by atoms with van der Waals surface area (Å²) in [5.74, 6) is 0.784. The smallest absolute Gasteiger partial charge is 0.0543 e. The van der Waals surface area contributed by atoms with Crippen LogP contribution in [0.3, 0.4) is 0 Å². The summed E-state index contributed by atoms with van der Waals surface area (Å²) in [7, 11) is 1.79. The molecule has 2 nitrogen and oxygen atoms in total. The van der Waals surface area contributed by atoms with Crippen LogP contribution in [0, 0.1) is 11.3 Å². The van der Waals surface area contributed by atoms with Crippen LogP contribution in [0.2, 0.25) is 0 Å². The molecule has 0 atom stereocenters. The van der Waals surface area contributed by atoms with Crippen LogP contribution in [0.15, 0.2) is 0 Å². The lowest BCUT2D eigenvalue weighted by Crippen LogP contribution is -2.56. The summed E-state index contributed by atoms with van der Waals surface area (Å²) in [6.07, 6.45) is 1.29. The van der Waals surface area contributed by atoms with E-state index in [1.165, 1.54) is 6.42 Å². The van der Waals surface area contributed by atoms with E-state index in [0.29, 0.717) is 5.41 Å². The Morgan fingerprint density at radius 1 is 1.45 bits per heavy atom. The maximum absolute atomic E-state index is 5.21. The molecular formula is C9H19NO. The molecule has 0 amide bonds. The molecule has 1 fully saturated rings. The van der Waals surface area contributed by atoms with Gasteiger partial charge in [0.1, 0.15) is 0 Å². The van der Waals surface area contributed by atoms with Crippen molar-refractivity contribution in [2.45, 2.75) is 20.3 Å². The Kier molecular flexibility index (Phi) is 2.90. The fraction of sp³-hybridized carbons (Fsp3) is 1.00. The first-order valence-corrected chi connectivity index (χ1v) is 4.38. The minimum Gasteiger partial charge on any atom is -0.384 e. The van der Waals surface area contributed by atoms with Crippen LogP contribution in [-0.4, -0.2) is 26.8 Å². The lowest BCUT2D eigenvalue weighted by atomic mass is 9.76. The molecule has 0 radical (unpaired) electrons. The Bertz CT molecular complexity index is 119. The highest BCUT2D eigenvalue weighted by Gasteiger charge is 2.37. The van der Waals surface area contributed by atoms with Gasteiger partial charge in [0, 0.05) is 25.6 Å². The molecule has 1 heterocycles. The molecule has 11 heavy (non-hydrogen) atoms. The second-order valence-electron chi connectivity index (χ2n) is 4.13. The van der Waals surface area contributed by atoms with Crippen molar-refractivity contribution < 1.29 is 4.74 Å². The predicted octanol–water partition coefficient (Wildman–Crippen LogP) is 1.27. The zero-order valence-electron chi connectivity index (χ0n) is 7.81. The summed E-state index contributed by atoms with van der Waals surface area (Å²) >= 11 is 0. The second-order valence-corrected chi connectivity index (χ2v) is 4.13. The highest BCUT2D eigenvalue weighted by atomic mass is 16.5. The Balaban J connectivity index is 2.33. The highest BCUT2D eigenvalue weighted by molar-refractivity contribution is 4.92. The largest absolute Gasteiger partial charge is 0.384 e. The lowest BCUT2D eigenvalue weighted by molar-refractivity contribution is 0.0210. The van der Waals surface area contributed by atoms with Gasteiger partial charge in [0.2, 0.25) is 0 Å². The maximum atomic E-state index is 5.21. The van der Waals surface area contributed by atoms with Crippen molar-refractivity contribution in [3.8, 4) is 0 Å². The van der Waals surface area contributed by atoms with Gasteiger partial charge in [-0.05, 0) is 12.3 Å². The predicted molar refractivity (Wildman–Crippen MR) is 46.6 cm³/mol. The first-order chi connectivity index (χ1) is 5.18. The Morgan fingerprint density at radius 2 is 2.09 bits per heavy atom. The van der Waals surface area contributed by atoms with Gasteiger partial charge >= 0.3 is 0 Å². The summed E-state index contributed by atoms with van der Waals surface area (Å²) in [5, 5.41) is 3.31. The quantitative estimate of drug-likeness (QED) is 0.663. The van der Waals surface area contributed by atoms with Crippen LogP contribution < -0.4 is 5.32 Å². The number of nitrogens with one attached hydrogen (secondary N) is 1. The summed E-state index contributed by atoms with van der Waals surface area (Å²) in [6.45, 7) is 7.74. The van der Waals surface area contributed by atoms with E-state index in [-0.39, 0.29) is 0 Å². The van der Waals surface area contributed by atoms with Gasteiger partial charge in [-0.3, -0.25) is 0 Å². The van der Waals surface area contributed by atoms with E-state index in [1.807, 2.05) is 0 Å². The van der Waals surface area contributed by atoms with Crippen LogP contribution in [0.4, 0.5) is 0 Å². The molecule has 1 N–H and O–H groups in total. The Morgan fingerprint density at radius 3 is 2.36 bits per heavy atom. The highest BCUT2D eigenvalue weighted by Crippen LogP contribution is 2.30. The van der Waals surface area contributed by atoms with Crippen molar-refractivity contribution in [1.82, 2.24) is 5.32 Å². The van der Waals surface area contributed by atoms with Gasteiger partial charge in [-0.15, -0.1) is 0 Å². The maximum Gasteiger partial charge on any atom is 0.0543 e. The van der Waals surface area contributed by atoms with Gasteiger partial charge in [-0.25, -0.2) is 0 Å². The fourth-order valence-corrected chi connectivity index (χ4v) is 1.96. The molecule has 2 heteroatoms. The zero-order valence-corrected chi connectivity index (χ0v) is 7.81. The SMILES string of the molecule is COCC1(CC(C)C)CNC1. The number of rotatable bonds is 4.